The van der Waals surface area contributed by atoms with Gasteiger partial charge in [0.2, 0.25) is 5.78 Å². The number of halogens is 1. The Hall–Kier alpha value is -1.39. The quantitative estimate of drug-likeness (QED) is 0.741. The summed E-state index contributed by atoms with van der Waals surface area (Å²) in [6.07, 6.45) is 1.78. The van der Waals surface area contributed by atoms with Crippen LogP contribution in [0.25, 0.3) is 6.08 Å². The fourth-order valence-electron chi connectivity index (χ4n) is 1.67. The molecule has 0 unspecified atom stereocenters. The van der Waals surface area contributed by atoms with E-state index in [0.717, 1.165) is 9.35 Å². The van der Waals surface area contributed by atoms with Crippen LogP contribution in [0.4, 0.5) is 0 Å². The van der Waals surface area contributed by atoms with Crippen LogP contribution in [0.5, 0.6) is 5.75 Å². The molecule has 1 aromatic carbocycles. The van der Waals surface area contributed by atoms with Crippen LogP contribution in [0.15, 0.2) is 45.9 Å². The van der Waals surface area contributed by atoms with Crippen LogP contribution < -0.4 is 4.74 Å². The number of fused-ring (bicyclic) bond motifs is 1. The number of allylic oxidation sites excluding steroid dienone is 1. The first-order valence-corrected chi connectivity index (χ1v) is 6.68. The third kappa shape index (κ3) is 1.94. The van der Waals surface area contributed by atoms with Crippen molar-refractivity contribution in [1.82, 2.24) is 0 Å². The predicted molar refractivity (Wildman–Crippen MR) is 71.4 cm³/mol. The third-order valence-corrected chi connectivity index (χ3v) is 4.08. The second-order valence-corrected chi connectivity index (χ2v) is 5.46. The van der Waals surface area contributed by atoms with Gasteiger partial charge in [-0.05, 0) is 34.1 Å². The Morgan fingerprint density at radius 1 is 1.29 bits per heavy atom. The number of hydrogen-bond donors (Lipinski definition) is 0. The van der Waals surface area contributed by atoms with E-state index in [1.165, 1.54) is 0 Å². The molecule has 0 fully saturated rings. The fourth-order valence-corrected chi connectivity index (χ4v) is 3.03. The molecule has 0 bridgehead atoms. The first-order chi connectivity index (χ1) is 8.24. The maximum Gasteiger partial charge on any atom is 0.231 e. The van der Waals surface area contributed by atoms with E-state index in [2.05, 4.69) is 15.9 Å². The van der Waals surface area contributed by atoms with Crippen molar-refractivity contribution in [3.63, 3.8) is 0 Å². The normalized spacial score (nSPS) is 16.1. The molecular formula is C13H7BrO2S. The number of carbonyl (C=O) groups is 1. The number of thiophene rings is 1. The number of para-hydroxylation sites is 1. The molecule has 17 heavy (non-hydrogen) atoms. The first-order valence-electron chi connectivity index (χ1n) is 5.01. The number of ether oxygens (including phenoxy) is 1. The van der Waals surface area contributed by atoms with E-state index in [-0.39, 0.29) is 5.78 Å². The monoisotopic (exact) mass is 306 g/mol. The van der Waals surface area contributed by atoms with Crippen LogP contribution in [0.1, 0.15) is 15.2 Å². The average Bonchev–Trinajstić information content (AvgIpc) is 2.86. The Morgan fingerprint density at radius 2 is 2.12 bits per heavy atom. The van der Waals surface area contributed by atoms with E-state index >= 15 is 0 Å². The molecule has 0 saturated heterocycles. The molecule has 1 aliphatic heterocycles. The highest BCUT2D eigenvalue weighted by molar-refractivity contribution is 9.10. The van der Waals surface area contributed by atoms with Crippen molar-refractivity contribution in [2.75, 3.05) is 0 Å². The van der Waals surface area contributed by atoms with E-state index < -0.39 is 0 Å². The molecule has 2 heterocycles. The molecule has 84 valence electrons. The molecule has 2 nitrogen and oxygen atoms in total. The van der Waals surface area contributed by atoms with Crippen molar-refractivity contribution in [3.8, 4) is 5.75 Å². The van der Waals surface area contributed by atoms with Gasteiger partial charge in [-0.3, -0.25) is 4.79 Å². The number of carbonyl (C=O) groups excluding carboxylic acids is 1. The number of ketones is 1. The highest BCUT2D eigenvalue weighted by Gasteiger charge is 2.26. The SMILES string of the molecule is O=C1/C(=C/c2cc(Br)cs2)Oc2ccccc21. The number of benzene rings is 1. The van der Waals surface area contributed by atoms with Gasteiger partial charge in [-0.2, -0.15) is 0 Å². The minimum absolute atomic E-state index is 0.0508. The van der Waals surface area contributed by atoms with Crippen LogP contribution in [0, 0.1) is 0 Å². The summed E-state index contributed by atoms with van der Waals surface area (Å²) in [7, 11) is 0. The summed E-state index contributed by atoms with van der Waals surface area (Å²) in [6.45, 7) is 0. The molecular weight excluding hydrogens is 300 g/mol. The van der Waals surface area contributed by atoms with Gasteiger partial charge in [0.25, 0.3) is 0 Å². The van der Waals surface area contributed by atoms with Crippen LogP contribution in [0.2, 0.25) is 0 Å². The highest BCUT2D eigenvalue weighted by Crippen LogP contribution is 2.32. The summed E-state index contributed by atoms with van der Waals surface area (Å²) in [6, 6.07) is 9.24. The van der Waals surface area contributed by atoms with Gasteiger partial charge in [0, 0.05) is 20.8 Å². The summed E-state index contributed by atoms with van der Waals surface area (Å²) in [5.74, 6) is 0.977. The molecule has 1 aliphatic rings. The summed E-state index contributed by atoms with van der Waals surface area (Å²) in [5.41, 5.74) is 0.634. The van der Waals surface area contributed by atoms with Gasteiger partial charge < -0.3 is 4.74 Å². The zero-order valence-electron chi connectivity index (χ0n) is 8.64. The van der Waals surface area contributed by atoms with Gasteiger partial charge in [0.15, 0.2) is 5.76 Å². The van der Waals surface area contributed by atoms with Gasteiger partial charge >= 0.3 is 0 Å². The lowest BCUT2D eigenvalue weighted by Crippen LogP contribution is -1.97. The average molecular weight is 307 g/mol. The fraction of sp³-hybridized carbons (Fsp3) is 0. The van der Waals surface area contributed by atoms with Gasteiger partial charge in [0.05, 0.1) is 5.56 Å². The topological polar surface area (TPSA) is 26.3 Å². The highest BCUT2D eigenvalue weighted by atomic mass is 79.9. The first kappa shape index (κ1) is 10.7. The van der Waals surface area contributed by atoms with Gasteiger partial charge in [0.1, 0.15) is 5.75 Å². The minimum Gasteiger partial charge on any atom is -0.452 e. The van der Waals surface area contributed by atoms with E-state index in [0.29, 0.717) is 17.1 Å². The molecule has 3 rings (SSSR count). The molecule has 0 amide bonds. The Labute approximate surface area is 111 Å². The van der Waals surface area contributed by atoms with Crippen LogP contribution in [-0.2, 0) is 0 Å². The van der Waals surface area contributed by atoms with Crippen molar-refractivity contribution in [2.45, 2.75) is 0 Å². The predicted octanol–water partition coefficient (Wildman–Crippen LogP) is 4.13. The van der Waals surface area contributed by atoms with Crippen molar-refractivity contribution in [1.29, 1.82) is 0 Å². The molecule has 2 aromatic rings. The van der Waals surface area contributed by atoms with Crippen molar-refractivity contribution in [3.05, 3.63) is 56.4 Å². The molecule has 0 aliphatic carbocycles. The van der Waals surface area contributed by atoms with E-state index in [1.807, 2.05) is 23.6 Å². The maximum absolute atomic E-state index is 12.0. The molecule has 0 spiro atoms. The number of Topliss-reactive ketones (excluding diaryl/α,β-unsaturated/α-hetero) is 1. The number of hydrogen-bond acceptors (Lipinski definition) is 3. The third-order valence-electron chi connectivity index (χ3n) is 2.44. The molecule has 0 N–H and O–H groups in total. The lowest BCUT2D eigenvalue weighted by atomic mass is 10.1. The largest absolute Gasteiger partial charge is 0.452 e. The molecule has 0 saturated carbocycles. The Morgan fingerprint density at radius 3 is 2.82 bits per heavy atom. The van der Waals surface area contributed by atoms with Crippen molar-refractivity contribution < 1.29 is 9.53 Å². The summed E-state index contributed by atoms with van der Waals surface area (Å²) in [5, 5.41) is 1.97. The molecule has 4 heteroatoms. The second kappa shape index (κ2) is 4.13. The Bertz CT molecular complexity index is 628. The van der Waals surface area contributed by atoms with E-state index in [4.69, 9.17) is 4.74 Å². The maximum atomic E-state index is 12.0. The van der Waals surface area contributed by atoms with Crippen LogP contribution in [0.3, 0.4) is 0 Å². The lowest BCUT2D eigenvalue weighted by molar-refractivity contribution is 0.101. The summed E-state index contributed by atoms with van der Waals surface area (Å²) >= 11 is 4.94. The standard InChI is InChI=1S/C13H7BrO2S/c14-8-5-9(17-7-8)6-12-13(15)10-3-1-2-4-11(10)16-12/h1-7H/b12-6-. The summed E-state index contributed by atoms with van der Waals surface area (Å²) < 4.78 is 6.55. The van der Waals surface area contributed by atoms with E-state index in [9.17, 15) is 4.79 Å². The molecule has 0 radical (unpaired) electrons. The smallest absolute Gasteiger partial charge is 0.231 e. The molecule has 0 atom stereocenters. The lowest BCUT2D eigenvalue weighted by Gasteiger charge is -1.95. The van der Waals surface area contributed by atoms with Crippen molar-refractivity contribution in [2.24, 2.45) is 0 Å². The van der Waals surface area contributed by atoms with Crippen LogP contribution >= 0.6 is 27.3 Å². The second-order valence-electron chi connectivity index (χ2n) is 3.60. The summed E-state index contributed by atoms with van der Waals surface area (Å²) in [4.78, 5) is 13.0. The van der Waals surface area contributed by atoms with Crippen LogP contribution in [-0.4, -0.2) is 5.78 Å². The molecule has 1 aromatic heterocycles. The van der Waals surface area contributed by atoms with Crippen molar-refractivity contribution >= 4 is 39.1 Å². The Balaban J connectivity index is 1.99. The van der Waals surface area contributed by atoms with Gasteiger partial charge in [-0.25, -0.2) is 0 Å². The zero-order chi connectivity index (χ0) is 11.8. The van der Waals surface area contributed by atoms with Gasteiger partial charge in [-0.15, -0.1) is 11.3 Å². The van der Waals surface area contributed by atoms with Gasteiger partial charge in [-0.1, -0.05) is 12.1 Å². The minimum atomic E-state index is -0.0508. The zero-order valence-corrected chi connectivity index (χ0v) is 11.0. The Kier molecular flexibility index (Phi) is 2.61. The van der Waals surface area contributed by atoms with E-state index in [1.54, 1.807) is 29.5 Å². The number of rotatable bonds is 1.